The van der Waals surface area contributed by atoms with E-state index in [0.29, 0.717) is 0 Å². The average molecular weight is 255 g/mol. The predicted octanol–water partition coefficient (Wildman–Crippen LogP) is 3.28. The molecule has 2 nitrogen and oxygen atoms in total. The lowest BCUT2D eigenvalue weighted by Gasteiger charge is -2.22. The molecule has 0 bridgehead atoms. The summed E-state index contributed by atoms with van der Waals surface area (Å²) in [5, 5.41) is 2.77. The molecule has 3 rings (SSSR count). The van der Waals surface area contributed by atoms with Gasteiger partial charge in [0.25, 0.3) is 0 Å². The van der Waals surface area contributed by atoms with Gasteiger partial charge in [0, 0.05) is 12.5 Å². The third-order valence-corrected chi connectivity index (χ3v) is 4.81. The molecule has 1 saturated carbocycles. The molecule has 0 aromatic heterocycles. The maximum Gasteiger partial charge on any atom is 0.227 e. The minimum absolute atomic E-state index is 0.0638. The van der Waals surface area contributed by atoms with E-state index < -0.39 is 0 Å². The van der Waals surface area contributed by atoms with Gasteiger partial charge in [0.2, 0.25) is 5.91 Å². The van der Waals surface area contributed by atoms with Crippen LogP contribution in [0.1, 0.15) is 43.7 Å². The lowest BCUT2D eigenvalue weighted by atomic mass is 9.81. The number of hydrogen-bond acceptors (Lipinski definition) is 1. The summed E-state index contributed by atoms with van der Waals surface area (Å²) in [6.45, 7) is 2.01. The highest BCUT2D eigenvalue weighted by atomic mass is 16.1. The van der Waals surface area contributed by atoms with Gasteiger partial charge in [0.05, 0.1) is 5.92 Å². The van der Waals surface area contributed by atoms with Crippen molar-refractivity contribution < 1.29 is 4.79 Å². The molecule has 1 amide bonds. The lowest BCUT2D eigenvalue weighted by molar-refractivity contribution is -0.122. The van der Waals surface area contributed by atoms with E-state index in [4.69, 9.17) is 0 Å². The number of allylic oxidation sites excluding steroid dienone is 1. The number of carbonyl (C=O) groups excluding carboxylic acids is 1. The SMILES string of the molecule is CNC(=O)C(C)C1=CC2(CCCC2)c2ccccc21. The molecule has 1 atom stereocenters. The summed E-state index contributed by atoms with van der Waals surface area (Å²) < 4.78 is 0. The third kappa shape index (κ3) is 1.81. The molecule has 2 heteroatoms. The van der Waals surface area contributed by atoms with Gasteiger partial charge in [-0.25, -0.2) is 0 Å². The minimum Gasteiger partial charge on any atom is -0.359 e. The predicted molar refractivity (Wildman–Crippen MR) is 77.8 cm³/mol. The molecule has 1 spiro atoms. The molecule has 0 radical (unpaired) electrons. The van der Waals surface area contributed by atoms with Gasteiger partial charge >= 0.3 is 0 Å². The van der Waals surface area contributed by atoms with Gasteiger partial charge < -0.3 is 5.32 Å². The summed E-state index contributed by atoms with van der Waals surface area (Å²) in [6, 6.07) is 8.63. The maximum atomic E-state index is 12.0. The van der Waals surface area contributed by atoms with Gasteiger partial charge in [-0.1, -0.05) is 43.2 Å². The summed E-state index contributed by atoms with van der Waals surface area (Å²) in [5.74, 6) is 0.0437. The van der Waals surface area contributed by atoms with Gasteiger partial charge in [0.15, 0.2) is 0 Å². The van der Waals surface area contributed by atoms with E-state index in [-0.39, 0.29) is 17.2 Å². The highest BCUT2D eigenvalue weighted by molar-refractivity contribution is 5.94. The van der Waals surface area contributed by atoms with E-state index in [1.807, 2.05) is 6.92 Å². The summed E-state index contributed by atoms with van der Waals surface area (Å²) in [6.07, 6.45) is 7.45. The van der Waals surface area contributed by atoms with Gasteiger partial charge in [-0.05, 0) is 36.5 Å². The monoisotopic (exact) mass is 255 g/mol. The normalized spacial score (nSPS) is 21.1. The van der Waals surface area contributed by atoms with Gasteiger partial charge in [-0.3, -0.25) is 4.79 Å². The van der Waals surface area contributed by atoms with Crippen molar-refractivity contribution in [2.45, 2.75) is 38.0 Å². The van der Waals surface area contributed by atoms with E-state index in [1.165, 1.54) is 42.4 Å². The van der Waals surface area contributed by atoms with Crippen molar-refractivity contribution in [1.29, 1.82) is 0 Å². The second-order valence-corrected chi connectivity index (χ2v) is 5.84. The fraction of sp³-hybridized carbons (Fsp3) is 0.471. The smallest absolute Gasteiger partial charge is 0.227 e. The first-order valence-corrected chi connectivity index (χ1v) is 7.22. The van der Waals surface area contributed by atoms with Crippen LogP contribution in [0.5, 0.6) is 0 Å². The van der Waals surface area contributed by atoms with Crippen LogP contribution in [-0.2, 0) is 10.2 Å². The van der Waals surface area contributed by atoms with Gasteiger partial charge in [-0.15, -0.1) is 0 Å². The van der Waals surface area contributed by atoms with Crippen molar-refractivity contribution in [2.24, 2.45) is 5.92 Å². The summed E-state index contributed by atoms with van der Waals surface area (Å²) in [4.78, 5) is 12.0. The molecular weight excluding hydrogens is 234 g/mol. The number of fused-ring (bicyclic) bond motifs is 2. The lowest BCUT2D eigenvalue weighted by Crippen LogP contribution is -2.25. The van der Waals surface area contributed by atoms with Crippen molar-refractivity contribution in [3.05, 3.63) is 41.5 Å². The Kier molecular flexibility index (Phi) is 2.96. The van der Waals surface area contributed by atoms with E-state index in [0.717, 1.165) is 0 Å². The molecule has 1 aromatic carbocycles. The molecule has 2 aliphatic rings. The molecule has 1 N–H and O–H groups in total. The van der Waals surface area contributed by atoms with E-state index >= 15 is 0 Å². The number of amides is 1. The second kappa shape index (κ2) is 4.52. The Hall–Kier alpha value is -1.57. The van der Waals surface area contributed by atoms with E-state index in [9.17, 15) is 4.79 Å². The number of rotatable bonds is 2. The third-order valence-electron chi connectivity index (χ3n) is 4.81. The van der Waals surface area contributed by atoms with Crippen molar-refractivity contribution in [3.8, 4) is 0 Å². The topological polar surface area (TPSA) is 29.1 Å². The Bertz CT molecular complexity index is 538. The zero-order valence-corrected chi connectivity index (χ0v) is 11.7. The van der Waals surface area contributed by atoms with Crippen LogP contribution in [0.25, 0.3) is 5.57 Å². The Labute approximate surface area is 114 Å². The summed E-state index contributed by atoms with van der Waals surface area (Å²) in [5.41, 5.74) is 4.17. The zero-order chi connectivity index (χ0) is 13.5. The number of nitrogens with one attached hydrogen (secondary N) is 1. The van der Waals surface area contributed by atoms with E-state index in [1.54, 1.807) is 7.05 Å². The largest absolute Gasteiger partial charge is 0.359 e. The number of carbonyl (C=O) groups is 1. The molecule has 1 unspecified atom stereocenters. The first-order chi connectivity index (χ1) is 9.18. The highest BCUT2D eigenvalue weighted by Gasteiger charge is 2.41. The molecule has 1 aromatic rings. The van der Waals surface area contributed by atoms with Gasteiger partial charge in [0.1, 0.15) is 0 Å². The van der Waals surface area contributed by atoms with Crippen LogP contribution in [0.4, 0.5) is 0 Å². The molecular formula is C17H21NO. The quantitative estimate of drug-likeness (QED) is 0.863. The number of benzene rings is 1. The van der Waals surface area contributed by atoms with Crippen LogP contribution in [0.3, 0.4) is 0 Å². The molecule has 100 valence electrons. The Morgan fingerprint density at radius 2 is 1.95 bits per heavy atom. The fourth-order valence-electron chi connectivity index (χ4n) is 3.76. The first-order valence-electron chi connectivity index (χ1n) is 7.22. The molecule has 2 aliphatic carbocycles. The molecule has 0 heterocycles. The minimum atomic E-state index is -0.0638. The van der Waals surface area contributed by atoms with Crippen LogP contribution in [0.15, 0.2) is 30.3 Å². The van der Waals surface area contributed by atoms with E-state index in [2.05, 4.69) is 35.7 Å². The average Bonchev–Trinajstić information content (AvgIpc) is 3.05. The van der Waals surface area contributed by atoms with Crippen molar-refractivity contribution >= 4 is 11.5 Å². The van der Waals surface area contributed by atoms with Crippen molar-refractivity contribution in [2.75, 3.05) is 7.05 Å². The maximum absolute atomic E-state index is 12.0. The molecule has 1 fully saturated rings. The van der Waals surface area contributed by atoms with Crippen molar-refractivity contribution in [3.63, 3.8) is 0 Å². The van der Waals surface area contributed by atoms with Gasteiger partial charge in [-0.2, -0.15) is 0 Å². The van der Waals surface area contributed by atoms with Crippen LogP contribution in [-0.4, -0.2) is 13.0 Å². The number of hydrogen-bond donors (Lipinski definition) is 1. The molecule has 0 saturated heterocycles. The Morgan fingerprint density at radius 3 is 2.63 bits per heavy atom. The Balaban J connectivity index is 2.08. The molecule has 0 aliphatic heterocycles. The second-order valence-electron chi connectivity index (χ2n) is 5.84. The highest BCUT2D eigenvalue weighted by Crippen LogP contribution is 2.51. The van der Waals surface area contributed by atoms with Crippen LogP contribution < -0.4 is 5.32 Å². The zero-order valence-electron chi connectivity index (χ0n) is 11.7. The van der Waals surface area contributed by atoms with Crippen LogP contribution >= 0.6 is 0 Å². The molecule has 19 heavy (non-hydrogen) atoms. The standard InChI is InChI=1S/C17H21NO/c1-12(16(19)18-2)14-11-17(9-5-6-10-17)15-8-4-3-7-13(14)15/h3-4,7-8,11-12H,5-6,9-10H2,1-2H3,(H,18,19). The summed E-state index contributed by atoms with van der Waals surface area (Å²) >= 11 is 0. The fourth-order valence-corrected chi connectivity index (χ4v) is 3.76. The Morgan fingerprint density at radius 1 is 1.26 bits per heavy atom. The summed E-state index contributed by atoms with van der Waals surface area (Å²) in [7, 11) is 1.71. The van der Waals surface area contributed by atoms with Crippen LogP contribution in [0, 0.1) is 5.92 Å². The first kappa shape index (κ1) is 12.5. The van der Waals surface area contributed by atoms with Crippen molar-refractivity contribution in [1.82, 2.24) is 5.32 Å². The van der Waals surface area contributed by atoms with Crippen LogP contribution in [0.2, 0.25) is 0 Å².